The number of carbonyl (C=O) groups excluding carboxylic acids is 5. The third-order valence-electron chi connectivity index (χ3n) is 21.3. The van der Waals surface area contributed by atoms with Crippen molar-refractivity contribution in [1.82, 2.24) is 15.1 Å². The average molecular weight is 1800 g/mol. The Labute approximate surface area is 804 Å². The van der Waals surface area contributed by atoms with Crippen LogP contribution in [0.4, 0.5) is 14.4 Å². The molecule has 12 aromatic rings. The number of ether oxygens (including phenoxy) is 8. The molecule has 4 N–H and O–H groups in total. The van der Waals surface area contributed by atoms with Crippen molar-refractivity contribution in [3.05, 3.63) is 440 Å². The van der Waals surface area contributed by atoms with E-state index in [2.05, 4.69) is 51.0 Å². The molecule has 4 heterocycles. The zero-order valence-electron chi connectivity index (χ0n) is 75.9. The predicted octanol–water partition coefficient (Wildman–Crippen LogP) is 17.8. The molecule has 0 aromatic heterocycles. The van der Waals surface area contributed by atoms with Crippen molar-refractivity contribution in [2.75, 3.05) is 52.7 Å². The van der Waals surface area contributed by atoms with E-state index in [0.717, 1.165) is 109 Å². The number of hydrogen-bond acceptors (Lipinski definition) is 16. The number of imide groups is 2. The molecular weight excluding hydrogens is 1690 g/mol. The van der Waals surface area contributed by atoms with Crippen molar-refractivity contribution in [1.29, 1.82) is 0 Å². The van der Waals surface area contributed by atoms with E-state index in [1.807, 2.05) is 292 Å². The van der Waals surface area contributed by atoms with E-state index in [9.17, 15) is 33.9 Å². The van der Waals surface area contributed by atoms with E-state index < -0.39 is 42.3 Å². The molecule has 23 nitrogen and oxygen atoms in total. The number of carbonyl (C=O) groups is 6. The van der Waals surface area contributed by atoms with E-state index >= 15 is 0 Å². The summed E-state index contributed by atoms with van der Waals surface area (Å²) in [4.78, 5) is 84.0. The Morgan fingerprint density at radius 3 is 1.19 bits per heavy atom. The number of nitrogens with zero attached hydrogens (tertiary/aromatic N) is 5. The predicted molar refractivity (Wildman–Crippen MR) is 506 cm³/mol. The van der Waals surface area contributed by atoms with Crippen LogP contribution in [0.1, 0.15) is 142 Å². The maximum absolute atomic E-state index is 13.4. The number of alkyl carbamates (subject to hydrolysis) is 1. The fourth-order valence-corrected chi connectivity index (χ4v) is 14.0. The second-order valence-corrected chi connectivity index (χ2v) is 30.7. The Kier molecular flexibility index (Phi) is 45.3. The van der Waals surface area contributed by atoms with Gasteiger partial charge < -0.3 is 74.5 Å². The van der Waals surface area contributed by atoms with Crippen LogP contribution in [0.15, 0.2) is 334 Å². The van der Waals surface area contributed by atoms with Crippen molar-refractivity contribution < 1.29 is 113 Å². The summed E-state index contributed by atoms with van der Waals surface area (Å²) in [6, 6.07) is 106. The molecule has 7 atom stereocenters. The zero-order valence-corrected chi connectivity index (χ0v) is 76.9. The summed E-state index contributed by atoms with van der Waals surface area (Å²) < 4.78 is 42.7. The minimum atomic E-state index is -0.774. The van der Waals surface area contributed by atoms with Crippen molar-refractivity contribution in [2.24, 2.45) is 0 Å². The van der Waals surface area contributed by atoms with E-state index in [0.29, 0.717) is 69.8 Å². The molecule has 4 fully saturated rings. The number of benzene rings is 12. The van der Waals surface area contributed by atoms with Gasteiger partial charge in [0.15, 0.2) is 6.29 Å². The smallest absolute Gasteiger partial charge is 1.00 e. The third-order valence-corrected chi connectivity index (χ3v) is 21.3. The van der Waals surface area contributed by atoms with Crippen LogP contribution in [0.5, 0.6) is 23.0 Å². The number of rotatable bonds is 29. The molecule has 4 saturated heterocycles. The van der Waals surface area contributed by atoms with Gasteiger partial charge in [0.1, 0.15) is 87.2 Å². The molecule has 677 valence electrons. The minimum absolute atomic E-state index is 0. The first-order valence-electron chi connectivity index (χ1n) is 43.3. The number of aliphatic hydroxyl groups is 2. The summed E-state index contributed by atoms with van der Waals surface area (Å²) >= 11 is 0. The number of amides is 5. The van der Waals surface area contributed by atoms with Gasteiger partial charge in [0.25, 0.3) is 0 Å². The van der Waals surface area contributed by atoms with Crippen LogP contribution in [0.2, 0.25) is 0 Å². The van der Waals surface area contributed by atoms with Gasteiger partial charge in [0.2, 0.25) is 31.4 Å². The van der Waals surface area contributed by atoms with Crippen LogP contribution in [-0.2, 0) is 72.6 Å². The molecule has 16 rings (SSSR count). The Hall–Kier alpha value is -14.1. The zero-order chi connectivity index (χ0) is 92.6. The summed E-state index contributed by atoms with van der Waals surface area (Å²) in [6.07, 6.45) is 1.70. The monoisotopic (exact) mass is 1800 g/mol. The largest absolute Gasteiger partial charge is 1.00 e. The molecule has 0 bridgehead atoms. The number of carboxylic acids is 1. The number of aryl methyl sites for hydroxylation is 2. The molecule has 0 aliphatic carbocycles. The minimum Gasteiger partial charge on any atom is -1.00 e. The first-order chi connectivity index (χ1) is 64.0. The van der Waals surface area contributed by atoms with Gasteiger partial charge in [0.05, 0.1) is 30.9 Å². The number of cyclic esters (lactones) is 3. The standard InChI is InChI=1S/C26H22N2O4.C18H17NO3.C18H19NO.C17H17NO2.C16H16O3.C9H9NO2.C4H8O2.B.Na.H/c1-27-16-23(20-12-14-22(15-13-20)31-17-19-8-4-2-5-9-19)25(29)28-24(18-32-26(28)30)21-10-6-3-7-11-21;1-13-7-9-14(10-8-13)11-17(20)19-16(12-22-18(19)21)15-5-3-2-4-6-15;1-3-16(13-19-2)17-9-11-18(12-10-17)20-14-15-7-5-4-6-8-15;1-18-11-16(12-19)15-7-9-17(10-8-15)20-13-14-5-3-2-4-6-14;17-16(18)11-8-13-6-9-15(10-7-13)19-12-14-4-2-1-3-5-14;11-9-10-8(6-12-9)7-4-2-1-3-5-7;5-4-2-1-3-6-4;;;/h2-15,23-24H,16-18H2;2-10,16H,11-12H2,1H3;4-12,16H,3,13-14H2,1H3;2-10,16,19H,11-13H2;1-7,9-10H,8,11-12H2,(H,17,18);1-5,8H,6H2,(H,10,11);4-5H,1-3H2;;;/q;;;;;;;;+1;-1/t23-,24+;3*16-;;8-;;;;/m1010.0..../s1. The fourth-order valence-electron chi connectivity index (χ4n) is 14.0. The van der Waals surface area contributed by atoms with Crippen LogP contribution in [0.3, 0.4) is 0 Å². The second kappa shape index (κ2) is 57.8. The van der Waals surface area contributed by atoms with Gasteiger partial charge >= 0.3 is 53.8 Å². The van der Waals surface area contributed by atoms with Crippen molar-refractivity contribution >= 4 is 44.5 Å². The number of hydrogen-bond donors (Lipinski definition) is 4. The number of nitrogens with one attached hydrogen (secondary N) is 1. The van der Waals surface area contributed by atoms with Gasteiger partial charge in [-0.1, -0.05) is 298 Å². The van der Waals surface area contributed by atoms with Crippen LogP contribution in [0.25, 0.3) is 14.5 Å². The Morgan fingerprint density at radius 2 is 0.827 bits per heavy atom. The van der Waals surface area contributed by atoms with Gasteiger partial charge in [-0.15, -0.1) is 0 Å². The summed E-state index contributed by atoms with van der Waals surface area (Å²) in [5.41, 5.74) is 13.2. The molecule has 4 aliphatic rings. The van der Waals surface area contributed by atoms with Crippen molar-refractivity contribution in [2.45, 2.75) is 121 Å². The van der Waals surface area contributed by atoms with Crippen LogP contribution >= 0.6 is 0 Å². The number of aliphatic carboxylic acids is 1. The quantitative estimate of drug-likeness (QED) is 0.0193. The van der Waals surface area contributed by atoms with Gasteiger partial charge in [-0.2, -0.15) is 0 Å². The first kappa shape index (κ1) is 104. The Bertz CT molecular complexity index is 5480. The normalized spacial score (nSPS) is 15.2. The Balaban J connectivity index is 0.000000219. The number of carboxylic acid groups (broad SMARTS) is 1. The molecule has 0 saturated carbocycles. The maximum Gasteiger partial charge on any atom is 1.00 e. The van der Waals surface area contributed by atoms with Gasteiger partial charge in [-0.05, 0) is 141 Å². The van der Waals surface area contributed by atoms with Gasteiger partial charge in [-0.3, -0.25) is 14.4 Å². The van der Waals surface area contributed by atoms with Crippen molar-refractivity contribution in [3.8, 4) is 23.0 Å². The molecule has 4 aliphatic heterocycles. The Morgan fingerprint density at radius 1 is 0.459 bits per heavy atom. The molecule has 25 heteroatoms. The third kappa shape index (κ3) is 35.3. The summed E-state index contributed by atoms with van der Waals surface area (Å²) in [7, 11) is 0. The van der Waals surface area contributed by atoms with Crippen LogP contribution in [0, 0.1) is 26.6 Å². The molecule has 1 unspecified atom stereocenters. The van der Waals surface area contributed by atoms with Crippen LogP contribution in [-0.4, -0.2) is 129 Å². The molecule has 3 radical (unpaired) electrons. The molecule has 12 aromatic carbocycles. The fraction of sp³-hybridized carbons (Fsp3) is 0.250. The van der Waals surface area contributed by atoms with E-state index in [1.54, 1.807) is 24.3 Å². The number of aliphatic hydroxyl groups excluding tert-OH is 2. The van der Waals surface area contributed by atoms with Crippen molar-refractivity contribution in [3.63, 3.8) is 0 Å². The molecule has 5 amide bonds. The molecule has 0 spiro atoms. The molecule has 133 heavy (non-hydrogen) atoms. The second-order valence-electron chi connectivity index (χ2n) is 30.7. The maximum atomic E-state index is 13.4. The van der Waals surface area contributed by atoms with E-state index in [4.69, 9.17) is 67.8 Å². The summed E-state index contributed by atoms with van der Waals surface area (Å²) in [5, 5.41) is 29.1. The van der Waals surface area contributed by atoms with Gasteiger partial charge in [-0.25, -0.2) is 43.9 Å². The van der Waals surface area contributed by atoms with E-state index in [-0.39, 0.29) is 109 Å². The molecular formula is C108H109BN6NaO17. The average Bonchev–Trinajstić information content (AvgIpc) is 1.62. The summed E-state index contributed by atoms with van der Waals surface area (Å²) in [5.74, 6) is 1.11. The SMILES string of the molecule is Cc1ccc(CC(=O)N2C(=O)OC[C@H]2c2ccccc2)cc1.O=C(O)CCc1ccc(OCc2ccccc2)cc1.O=C1N[C@H](c2ccccc2)CO1.OC1CCCO1.[B].[C-]#[N+]C[C@@H](C(=O)N1C(=O)OC[C@H]1c1ccccc1)c1ccc(OCc2ccccc2)cc1.[C-]#[N+]C[C@@H](CC)c1ccc(OCc2ccccc2)cc1.[C-]#[N+]C[C@@H](CO)c1ccc(OCc2ccccc2)cc1.[H-].[Na+]. The van der Waals surface area contributed by atoms with E-state index in [1.165, 1.54) is 10.5 Å². The van der Waals surface area contributed by atoms with Gasteiger partial charge in [0, 0.05) is 27.9 Å². The summed E-state index contributed by atoms with van der Waals surface area (Å²) in [6.45, 7) is 29.7. The topological polar surface area (TPSA) is 269 Å². The first-order valence-corrected chi connectivity index (χ1v) is 43.3. The van der Waals surface area contributed by atoms with Crippen LogP contribution < -0.4 is 53.8 Å².